The molecule has 1 saturated heterocycles. The first-order valence-corrected chi connectivity index (χ1v) is 9.53. The molecular weight excluding hydrogens is 356 g/mol. The zero-order valence-electron chi connectivity index (χ0n) is 16.0. The van der Waals surface area contributed by atoms with E-state index in [2.05, 4.69) is 28.3 Å². The molecule has 0 aliphatic carbocycles. The Morgan fingerprint density at radius 2 is 2.29 bits per heavy atom. The Hall–Kier alpha value is -2.66. The van der Waals surface area contributed by atoms with Gasteiger partial charge in [0.15, 0.2) is 6.23 Å². The standard InChI is InChI=1S/C21H24N4O3/c1-3-18-16-12-15(17-13-22-24(2)20(17)14-27-11-9-26)7-8-19(16)25(23-18)21-6-4-5-10-28-21/h1,7-8,12-13,21,26H,4-6,9-11,14H2,2H3. The lowest BCUT2D eigenvalue weighted by atomic mass is 10.0. The molecule has 3 aromatic rings. The van der Waals surface area contributed by atoms with E-state index in [0.29, 0.717) is 18.9 Å². The fourth-order valence-electron chi connectivity index (χ4n) is 3.66. The van der Waals surface area contributed by atoms with Crippen LogP contribution in [0.4, 0.5) is 0 Å². The fourth-order valence-corrected chi connectivity index (χ4v) is 3.66. The average Bonchev–Trinajstić information content (AvgIpc) is 3.29. The number of hydrogen-bond donors (Lipinski definition) is 1. The van der Waals surface area contributed by atoms with Gasteiger partial charge in [-0.1, -0.05) is 6.07 Å². The number of aliphatic hydroxyl groups excluding tert-OH is 1. The van der Waals surface area contributed by atoms with E-state index >= 15 is 0 Å². The van der Waals surface area contributed by atoms with E-state index in [0.717, 1.165) is 53.6 Å². The topological polar surface area (TPSA) is 74.3 Å². The fraction of sp³-hybridized carbons (Fsp3) is 0.429. The van der Waals surface area contributed by atoms with Crippen molar-refractivity contribution in [2.75, 3.05) is 19.8 Å². The van der Waals surface area contributed by atoms with Crippen molar-refractivity contribution in [3.05, 3.63) is 35.8 Å². The third-order valence-electron chi connectivity index (χ3n) is 5.12. The lowest BCUT2D eigenvalue weighted by molar-refractivity contribution is -0.0367. The van der Waals surface area contributed by atoms with Gasteiger partial charge in [0.2, 0.25) is 0 Å². The zero-order chi connectivity index (χ0) is 19.5. The lowest BCUT2D eigenvalue weighted by Crippen LogP contribution is -2.19. The van der Waals surface area contributed by atoms with Crippen molar-refractivity contribution in [1.82, 2.24) is 19.6 Å². The van der Waals surface area contributed by atoms with Gasteiger partial charge in [-0.25, -0.2) is 4.68 Å². The van der Waals surface area contributed by atoms with Crippen LogP contribution >= 0.6 is 0 Å². The van der Waals surface area contributed by atoms with Gasteiger partial charge in [-0.2, -0.15) is 10.2 Å². The van der Waals surface area contributed by atoms with Crippen LogP contribution in [0.3, 0.4) is 0 Å². The number of benzene rings is 1. The molecule has 0 radical (unpaired) electrons. The molecule has 7 nitrogen and oxygen atoms in total. The molecule has 28 heavy (non-hydrogen) atoms. The van der Waals surface area contributed by atoms with Crippen molar-refractivity contribution in [2.45, 2.75) is 32.1 Å². The average molecular weight is 380 g/mol. The van der Waals surface area contributed by atoms with Gasteiger partial charge in [0, 0.05) is 24.6 Å². The Morgan fingerprint density at radius 3 is 3.04 bits per heavy atom. The molecule has 0 spiro atoms. The molecule has 1 aliphatic rings. The van der Waals surface area contributed by atoms with Crippen molar-refractivity contribution in [3.8, 4) is 23.5 Å². The molecule has 146 valence electrons. The number of aliphatic hydroxyl groups is 1. The van der Waals surface area contributed by atoms with Crippen LogP contribution in [0.1, 0.15) is 36.9 Å². The van der Waals surface area contributed by atoms with Crippen LogP contribution in [-0.2, 0) is 23.1 Å². The molecule has 1 aromatic carbocycles. The quantitative estimate of drug-likeness (QED) is 0.526. The second-order valence-electron chi connectivity index (χ2n) is 6.90. The summed E-state index contributed by atoms with van der Waals surface area (Å²) in [6.45, 7) is 1.41. The van der Waals surface area contributed by atoms with Crippen LogP contribution in [-0.4, -0.2) is 44.5 Å². The first-order chi connectivity index (χ1) is 13.7. The highest BCUT2D eigenvalue weighted by atomic mass is 16.5. The number of nitrogens with zero attached hydrogens (tertiary/aromatic N) is 4. The number of terminal acetylenes is 1. The van der Waals surface area contributed by atoms with Crippen molar-refractivity contribution in [3.63, 3.8) is 0 Å². The number of aromatic nitrogens is 4. The van der Waals surface area contributed by atoms with Crippen molar-refractivity contribution >= 4 is 10.9 Å². The molecule has 1 N–H and O–H groups in total. The van der Waals surface area contributed by atoms with Gasteiger partial charge in [0.05, 0.1) is 37.2 Å². The summed E-state index contributed by atoms with van der Waals surface area (Å²) in [5, 5.41) is 18.9. The Labute approximate surface area is 163 Å². The maximum Gasteiger partial charge on any atom is 0.150 e. The molecule has 1 aliphatic heterocycles. The molecule has 0 saturated carbocycles. The van der Waals surface area contributed by atoms with Crippen molar-refractivity contribution in [2.24, 2.45) is 7.05 Å². The van der Waals surface area contributed by atoms with Crippen LogP contribution in [0, 0.1) is 12.3 Å². The number of rotatable bonds is 6. The summed E-state index contributed by atoms with van der Waals surface area (Å²) in [4.78, 5) is 0. The number of fused-ring (bicyclic) bond motifs is 1. The first kappa shape index (κ1) is 18.7. The zero-order valence-corrected chi connectivity index (χ0v) is 16.0. The van der Waals surface area contributed by atoms with E-state index < -0.39 is 0 Å². The normalized spacial score (nSPS) is 17.1. The van der Waals surface area contributed by atoms with Gasteiger partial charge in [-0.05, 0) is 42.9 Å². The highest BCUT2D eigenvalue weighted by Crippen LogP contribution is 2.32. The summed E-state index contributed by atoms with van der Waals surface area (Å²) in [5.41, 5.74) is 4.52. The van der Waals surface area contributed by atoms with E-state index in [4.69, 9.17) is 21.0 Å². The molecule has 1 atom stereocenters. The molecule has 1 fully saturated rings. The van der Waals surface area contributed by atoms with E-state index in [9.17, 15) is 0 Å². The summed E-state index contributed by atoms with van der Waals surface area (Å²) in [6, 6.07) is 6.15. The number of ether oxygens (including phenoxy) is 2. The maximum atomic E-state index is 8.95. The van der Waals surface area contributed by atoms with Crippen LogP contribution in [0.2, 0.25) is 0 Å². The predicted octanol–water partition coefficient (Wildman–Crippen LogP) is 2.63. The minimum absolute atomic E-state index is 0.00685. The predicted molar refractivity (Wildman–Crippen MR) is 105 cm³/mol. The number of hydrogen-bond acceptors (Lipinski definition) is 5. The highest BCUT2D eigenvalue weighted by Gasteiger charge is 2.21. The summed E-state index contributed by atoms with van der Waals surface area (Å²) < 4.78 is 15.1. The summed E-state index contributed by atoms with van der Waals surface area (Å²) in [5.74, 6) is 2.71. The summed E-state index contributed by atoms with van der Waals surface area (Å²) in [6.07, 6.45) is 10.7. The molecule has 3 heterocycles. The lowest BCUT2D eigenvalue weighted by Gasteiger charge is -2.23. The van der Waals surface area contributed by atoms with Gasteiger partial charge in [-0.15, -0.1) is 6.42 Å². The van der Waals surface area contributed by atoms with Crippen LogP contribution < -0.4 is 0 Å². The monoisotopic (exact) mass is 380 g/mol. The molecule has 7 heteroatoms. The smallest absolute Gasteiger partial charge is 0.150 e. The van der Waals surface area contributed by atoms with Crippen LogP contribution in [0.25, 0.3) is 22.0 Å². The van der Waals surface area contributed by atoms with E-state index in [1.165, 1.54) is 0 Å². The van der Waals surface area contributed by atoms with Crippen LogP contribution in [0.5, 0.6) is 0 Å². The van der Waals surface area contributed by atoms with Gasteiger partial charge < -0.3 is 14.6 Å². The van der Waals surface area contributed by atoms with Gasteiger partial charge in [0.25, 0.3) is 0 Å². The molecular formula is C21H24N4O3. The molecule has 4 rings (SSSR count). The Bertz CT molecular complexity index is 1010. The first-order valence-electron chi connectivity index (χ1n) is 9.53. The van der Waals surface area contributed by atoms with Gasteiger partial charge >= 0.3 is 0 Å². The largest absolute Gasteiger partial charge is 0.394 e. The summed E-state index contributed by atoms with van der Waals surface area (Å²) in [7, 11) is 1.88. The third-order valence-corrected chi connectivity index (χ3v) is 5.12. The molecule has 0 bridgehead atoms. The highest BCUT2D eigenvalue weighted by molar-refractivity contribution is 5.89. The third kappa shape index (κ3) is 3.42. The molecule has 0 amide bonds. The Kier molecular flexibility index (Phi) is 5.44. The maximum absolute atomic E-state index is 8.95. The Balaban J connectivity index is 1.74. The second-order valence-corrected chi connectivity index (χ2v) is 6.90. The molecule has 1 unspecified atom stereocenters. The van der Waals surface area contributed by atoms with Crippen LogP contribution in [0.15, 0.2) is 24.4 Å². The van der Waals surface area contributed by atoms with E-state index in [1.807, 2.05) is 24.0 Å². The van der Waals surface area contributed by atoms with E-state index in [1.54, 1.807) is 4.68 Å². The Morgan fingerprint density at radius 1 is 1.39 bits per heavy atom. The molecule has 2 aromatic heterocycles. The summed E-state index contributed by atoms with van der Waals surface area (Å²) >= 11 is 0. The van der Waals surface area contributed by atoms with Gasteiger partial charge in [-0.3, -0.25) is 4.68 Å². The SMILES string of the molecule is C#Cc1nn(C2CCCCO2)c2ccc(-c3cnn(C)c3COCCO)cc12. The minimum atomic E-state index is -0.0648. The van der Waals surface area contributed by atoms with Crippen molar-refractivity contribution < 1.29 is 14.6 Å². The van der Waals surface area contributed by atoms with E-state index in [-0.39, 0.29) is 12.8 Å². The minimum Gasteiger partial charge on any atom is -0.394 e. The van der Waals surface area contributed by atoms with Crippen molar-refractivity contribution in [1.29, 1.82) is 0 Å². The van der Waals surface area contributed by atoms with Gasteiger partial charge in [0.1, 0.15) is 5.69 Å². The number of aryl methyl sites for hydroxylation is 1. The second kappa shape index (κ2) is 8.15.